The minimum absolute atomic E-state index is 0.0106. The summed E-state index contributed by atoms with van der Waals surface area (Å²) in [5.41, 5.74) is 7.99. The molecule has 0 aromatic heterocycles. The molecule has 8 heteroatoms. The van der Waals surface area contributed by atoms with Crippen LogP contribution in [0.5, 0.6) is 0 Å². The van der Waals surface area contributed by atoms with Crippen molar-refractivity contribution in [3.8, 4) is 0 Å². The van der Waals surface area contributed by atoms with Gasteiger partial charge in [-0.1, -0.05) is 5.11 Å². The molecule has 1 aliphatic heterocycles. The summed E-state index contributed by atoms with van der Waals surface area (Å²) in [6.45, 7) is 0.902. The third kappa shape index (κ3) is 4.98. The Kier molecular flexibility index (Phi) is 4.83. The van der Waals surface area contributed by atoms with Crippen LogP contribution >= 0.6 is 0 Å². The smallest absolute Gasteiger partial charge is 0.214 e. The van der Waals surface area contributed by atoms with Crippen molar-refractivity contribution in [2.24, 2.45) is 5.11 Å². The molecule has 0 aromatic rings. The van der Waals surface area contributed by atoms with Crippen molar-refractivity contribution >= 4 is 10.0 Å². The predicted octanol–water partition coefficient (Wildman–Crippen LogP) is 0.395. The number of hydrogen-bond donors (Lipinski definition) is 1. The Labute approximate surface area is 88.5 Å². The molecule has 1 aliphatic rings. The van der Waals surface area contributed by atoms with E-state index >= 15 is 0 Å². The van der Waals surface area contributed by atoms with Gasteiger partial charge in [-0.15, -0.1) is 0 Å². The third-order valence-electron chi connectivity index (χ3n) is 2.03. The van der Waals surface area contributed by atoms with Gasteiger partial charge in [-0.05, 0) is 18.4 Å². The van der Waals surface area contributed by atoms with Crippen LogP contribution in [0.4, 0.5) is 0 Å². The van der Waals surface area contributed by atoms with E-state index in [1.807, 2.05) is 0 Å². The number of ether oxygens (including phenoxy) is 1. The van der Waals surface area contributed by atoms with Gasteiger partial charge in [0.25, 0.3) is 0 Å². The second-order valence-corrected chi connectivity index (χ2v) is 5.12. The van der Waals surface area contributed by atoms with Gasteiger partial charge in [0.15, 0.2) is 0 Å². The van der Waals surface area contributed by atoms with Crippen molar-refractivity contribution in [2.45, 2.75) is 18.9 Å². The predicted molar refractivity (Wildman–Crippen MR) is 54.8 cm³/mol. The number of rotatable bonds is 6. The van der Waals surface area contributed by atoms with Crippen LogP contribution in [-0.4, -0.2) is 40.0 Å². The van der Waals surface area contributed by atoms with Gasteiger partial charge in [-0.2, -0.15) is 0 Å². The summed E-state index contributed by atoms with van der Waals surface area (Å²) < 4.78 is 30.4. The van der Waals surface area contributed by atoms with Crippen molar-refractivity contribution in [1.29, 1.82) is 0 Å². The van der Waals surface area contributed by atoms with Crippen LogP contribution in [-0.2, 0) is 14.8 Å². The summed E-state index contributed by atoms with van der Waals surface area (Å²) in [5, 5.41) is 3.23. The van der Waals surface area contributed by atoms with Gasteiger partial charge in [0, 0.05) is 24.6 Å². The Morgan fingerprint density at radius 3 is 3.00 bits per heavy atom. The summed E-state index contributed by atoms with van der Waals surface area (Å²) in [6, 6.07) is 0. The molecule has 0 radical (unpaired) electrons. The summed E-state index contributed by atoms with van der Waals surface area (Å²) in [6.07, 6.45) is 1.51. The van der Waals surface area contributed by atoms with Crippen LogP contribution in [0, 0.1) is 0 Å². The molecule has 1 heterocycles. The molecule has 0 amide bonds. The van der Waals surface area contributed by atoms with Crippen molar-refractivity contribution in [3.05, 3.63) is 10.4 Å². The van der Waals surface area contributed by atoms with E-state index in [0.29, 0.717) is 6.61 Å². The Morgan fingerprint density at radius 1 is 1.60 bits per heavy atom. The van der Waals surface area contributed by atoms with E-state index < -0.39 is 10.0 Å². The molecule has 0 aromatic carbocycles. The monoisotopic (exact) mass is 234 g/mol. The molecule has 1 atom stereocenters. The Bertz CT molecular complexity index is 330. The van der Waals surface area contributed by atoms with Gasteiger partial charge in [0.1, 0.15) is 0 Å². The van der Waals surface area contributed by atoms with Crippen LogP contribution in [0.3, 0.4) is 0 Å². The van der Waals surface area contributed by atoms with E-state index in [4.69, 9.17) is 10.3 Å². The van der Waals surface area contributed by atoms with Crippen LogP contribution in [0.1, 0.15) is 12.8 Å². The Hall–Kier alpha value is -0.820. The van der Waals surface area contributed by atoms with E-state index in [0.717, 1.165) is 12.8 Å². The number of hydrogen-bond acceptors (Lipinski definition) is 4. The Morgan fingerprint density at radius 2 is 2.40 bits per heavy atom. The highest BCUT2D eigenvalue weighted by Crippen LogP contribution is 2.13. The molecule has 1 rings (SSSR count). The number of sulfonamides is 1. The molecule has 1 N–H and O–H groups in total. The summed E-state index contributed by atoms with van der Waals surface area (Å²) in [4.78, 5) is 2.52. The maximum atomic E-state index is 11.4. The first-order chi connectivity index (χ1) is 7.14. The molecular weight excluding hydrogens is 220 g/mol. The molecule has 0 aliphatic carbocycles. The number of nitrogens with one attached hydrogen (secondary N) is 1. The van der Waals surface area contributed by atoms with Crippen molar-refractivity contribution in [3.63, 3.8) is 0 Å². The lowest BCUT2D eigenvalue weighted by Crippen LogP contribution is -2.33. The molecule has 7 nitrogen and oxygen atoms in total. The van der Waals surface area contributed by atoms with Crippen LogP contribution in [0.2, 0.25) is 0 Å². The fraction of sp³-hybridized carbons (Fsp3) is 1.00. The lowest BCUT2D eigenvalue weighted by atomic mass is 10.3. The fourth-order valence-electron chi connectivity index (χ4n) is 1.38. The fourth-order valence-corrected chi connectivity index (χ4v) is 2.65. The highest BCUT2D eigenvalue weighted by molar-refractivity contribution is 7.89. The maximum Gasteiger partial charge on any atom is 0.214 e. The van der Waals surface area contributed by atoms with E-state index in [1.54, 1.807) is 0 Å². The van der Waals surface area contributed by atoms with Gasteiger partial charge >= 0.3 is 0 Å². The van der Waals surface area contributed by atoms with Gasteiger partial charge in [-0.3, -0.25) is 0 Å². The van der Waals surface area contributed by atoms with Gasteiger partial charge in [0.2, 0.25) is 10.0 Å². The molecule has 0 saturated carbocycles. The van der Waals surface area contributed by atoms with Gasteiger partial charge < -0.3 is 4.74 Å². The topological polar surface area (TPSA) is 104 Å². The normalized spacial score (nSPS) is 21.2. The highest BCUT2D eigenvalue weighted by Gasteiger charge is 2.22. The zero-order valence-corrected chi connectivity index (χ0v) is 9.11. The minimum Gasteiger partial charge on any atom is -0.377 e. The number of nitrogens with zero attached hydrogens (tertiary/aromatic N) is 3. The largest absolute Gasteiger partial charge is 0.377 e. The SMILES string of the molecule is [N-]=[N+]=NCCNS(=O)(=O)CC1CCCO1. The summed E-state index contributed by atoms with van der Waals surface area (Å²) in [7, 11) is -3.30. The Balaban J connectivity index is 2.27. The first-order valence-electron chi connectivity index (χ1n) is 4.74. The van der Waals surface area contributed by atoms with Crippen LogP contribution in [0.25, 0.3) is 10.4 Å². The lowest BCUT2D eigenvalue weighted by molar-refractivity contribution is 0.127. The minimum atomic E-state index is -3.30. The molecule has 0 bridgehead atoms. The first-order valence-corrected chi connectivity index (χ1v) is 6.39. The first kappa shape index (κ1) is 12.3. The second-order valence-electron chi connectivity index (χ2n) is 3.27. The maximum absolute atomic E-state index is 11.4. The highest BCUT2D eigenvalue weighted by atomic mass is 32.2. The zero-order chi connectivity index (χ0) is 11.1. The van der Waals surface area contributed by atoms with Crippen molar-refractivity contribution in [1.82, 2.24) is 4.72 Å². The molecule has 0 spiro atoms. The van der Waals surface area contributed by atoms with Gasteiger partial charge in [-0.25, -0.2) is 13.1 Å². The lowest BCUT2D eigenvalue weighted by Gasteiger charge is -2.10. The molecule has 15 heavy (non-hydrogen) atoms. The van der Waals surface area contributed by atoms with Crippen molar-refractivity contribution < 1.29 is 13.2 Å². The standard InChI is InChI=1S/C7H14N4O3S/c8-11-9-3-4-10-15(12,13)6-7-2-1-5-14-7/h7,10H,1-6H2. The molecule has 1 unspecified atom stereocenters. The number of azide groups is 1. The molecule has 1 fully saturated rings. The zero-order valence-electron chi connectivity index (χ0n) is 8.29. The summed E-state index contributed by atoms with van der Waals surface area (Å²) >= 11 is 0. The quantitative estimate of drug-likeness (QED) is 0.311. The van der Waals surface area contributed by atoms with E-state index in [1.165, 1.54) is 0 Å². The molecular formula is C7H14N4O3S. The molecule has 86 valence electrons. The van der Waals surface area contributed by atoms with Gasteiger partial charge in [0.05, 0.1) is 11.9 Å². The van der Waals surface area contributed by atoms with Crippen LogP contribution in [0.15, 0.2) is 5.11 Å². The van der Waals surface area contributed by atoms with E-state index in [2.05, 4.69) is 14.7 Å². The average Bonchev–Trinajstić information content (AvgIpc) is 2.64. The average molecular weight is 234 g/mol. The third-order valence-corrected chi connectivity index (χ3v) is 3.48. The van der Waals surface area contributed by atoms with Crippen LogP contribution < -0.4 is 4.72 Å². The second kappa shape index (κ2) is 5.92. The van der Waals surface area contributed by atoms with E-state index in [-0.39, 0.29) is 24.9 Å². The summed E-state index contributed by atoms with van der Waals surface area (Å²) in [5.74, 6) is -0.0106. The molecule has 1 saturated heterocycles. The van der Waals surface area contributed by atoms with E-state index in [9.17, 15) is 8.42 Å². The van der Waals surface area contributed by atoms with Crippen molar-refractivity contribution in [2.75, 3.05) is 25.4 Å².